The lowest BCUT2D eigenvalue weighted by molar-refractivity contribution is 0.0224. The molecule has 0 atom stereocenters. The zero-order chi connectivity index (χ0) is 31.9. The summed E-state index contributed by atoms with van der Waals surface area (Å²) in [6, 6.07) is 14.9. The molecule has 46 heavy (non-hydrogen) atoms. The minimum atomic E-state index is -0.991. The molecule has 0 saturated heterocycles. The number of fused-ring (bicyclic) bond motifs is 2. The molecule has 0 radical (unpaired) electrons. The molecule has 0 bridgehead atoms. The average Bonchev–Trinajstić information content (AvgIpc) is 3.04. The summed E-state index contributed by atoms with van der Waals surface area (Å²) in [5.74, 6) is -0.296. The number of hydrogen-bond donors (Lipinski definition) is 2. The molecule has 0 unspecified atom stereocenters. The van der Waals surface area contributed by atoms with Gasteiger partial charge in [-0.3, -0.25) is 15.1 Å². The Morgan fingerprint density at radius 1 is 0.848 bits per heavy atom. The molecule has 3 aromatic carbocycles. The van der Waals surface area contributed by atoms with E-state index in [9.17, 15) is 14.0 Å². The van der Waals surface area contributed by atoms with E-state index >= 15 is 4.39 Å². The Balaban J connectivity index is 1.16. The fourth-order valence-corrected chi connectivity index (χ4v) is 5.53. The molecule has 1 amide bonds. The highest BCUT2D eigenvalue weighted by Crippen LogP contribution is 2.39. The van der Waals surface area contributed by atoms with Crippen LogP contribution in [0.2, 0.25) is 0 Å². The minimum absolute atomic E-state index is 0.120. The molecule has 13 heteroatoms. The molecule has 10 nitrogen and oxygen atoms in total. The molecule has 0 saturated carbocycles. The van der Waals surface area contributed by atoms with Crippen LogP contribution in [0.1, 0.15) is 0 Å². The van der Waals surface area contributed by atoms with E-state index in [1.807, 2.05) is 6.07 Å². The maximum absolute atomic E-state index is 15.3. The van der Waals surface area contributed by atoms with E-state index in [2.05, 4.69) is 15.3 Å². The van der Waals surface area contributed by atoms with Gasteiger partial charge in [0.15, 0.2) is 17.2 Å². The number of aromatic amines is 1. The smallest absolute Gasteiger partial charge is 0.417 e. The van der Waals surface area contributed by atoms with E-state index in [1.54, 1.807) is 18.3 Å². The highest BCUT2D eigenvalue weighted by atomic mass is 32.2. The number of anilines is 1. The summed E-state index contributed by atoms with van der Waals surface area (Å²) in [4.78, 5) is 33.7. The second-order valence-corrected chi connectivity index (χ2v) is 11.0. The van der Waals surface area contributed by atoms with Crippen LogP contribution < -0.4 is 25.0 Å². The number of H-pyrrole nitrogens is 1. The molecule has 2 N–H and O–H groups in total. The SMILES string of the molecule is O=C(Nc1ccc(Sc2ccnc3cc4c(cc23)OCCOCCOCCO4)c(F)c1)Oc1c[nH]cc(-c2ccc(F)cc2)c1=O. The summed E-state index contributed by atoms with van der Waals surface area (Å²) in [6.45, 7) is 2.36. The normalized spacial score (nSPS) is 13.8. The van der Waals surface area contributed by atoms with Gasteiger partial charge in [0.05, 0.1) is 31.9 Å². The molecule has 6 rings (SSSR count). The Bertz CT molecular complexity index is 1920. The van der Waals surface area contributed by atoms with Crippen LogP contribution in [0.25, 0.3) is 22.0 Å². The van der Waals surface area contributed by atoms with Crippen molar-refractivity contribution < 1.29 is 37.3 Å². The largest absolute Gasteiger partial charge is 0.487 e. The molecule has 2 aromatic heterocycles. The molecule has 0 spiro atoms. The van der Waals surface area contributed by atoms with Crippen LogP contribution in [-0.2, 0) is 9.47 Å². The molecular weight excluding hydrogens is 620 g/mol. The number of pyridine rings is 2. The van der Waals surface area contributed by atoms with Crippen LogP contribution in [0.3, 0.4) is 0 Å². The first kappa shape index (κ1) is 31.0. The fourth-order valence-electron chi connectivity index (χ4n) is 4.59. The van der Waals surface area contributed by atoms with Gasteiger partial charge in [0.1, 0.15) is 24.8 Å². The van der Waals surface area contributed by atoms with Gasteiger partial charge in [0.2, 0.25) is 5.43 Å². The third-order valence-corrected chi connectivity index (χ3v) is 7.90. The first-order valence-corrected chi connectivity index (χ1v) is 15.0. The van der Waals surface area contributed by atoms with Crippen LogP contribution in [0, 0.1) is 11.6 Å². The Kier molecular flexibility index (Phi) is 9.72. The maximum atomic E-state index is 15.3. The second kappa shape index (κ2) is 14.4. The Labute approximate surface area is 265 Å². The highest BCUT2D eigenvalue weighted by Gasteiger charge is 2.17. The summed E-state index contributed by atoms with van der Waals surface area (Å²) in [7, 11) is 0. The predicted octanol–water partition coefficient (Wildman–Crippen LogP) is 6.43. The van der Waals surface area contributed by atoms with Gasteiger partial charge < -0.3 is 28.7 Å². The molecule has 0 aliphatic carbocycles. The lowest BCUT2D eigenvalue weighted by Gasteiger charge is -2.16. The second-order valence-electron chi connectivity index (χ2n) is 9.88. The fraction of sp³-hybridized carbons (Fsp3) is 0.182. The summed E-state index contributed by atoms with van der Waals surface area (Å²) < 4.78 is 56.6. The van der Waals surface area contributed by atoms with Crippen LogP contribution in [0.4, 0.5) is 19.3 Å². The zero-order valence-electron chi connectivity index (χ0n) is 24.2. The van der Waals surface area contributed by atoms with Crippen LogP contribution in [0.5, 0.6) is 17.2 Å². The van der Waals surface area contributed by atoms with E-state index < -0.39 is 23.2 Å². The van der Waals surface area contributed by atoms with E-state index in [4.69, 9.17) is 23.7 Å². The van der Waals surface area contributed by atoms with Gasteiger partial charge in [-0.2, -0.15) is 0 Å². The first-order valence-electron chi connectivity index (χ1n) is 14.2. The number of ether oxygens (including phenoxy) is 5. The summed E-state index contributed by atoms with van der Waals surface area (Å²) >= 11 is 1.18. The highest BCUT2D eigenvalue weighted by molar-refractivity contribution is 7.99. The average molecular weight is 648 g/mol. The van der Waals surface area contributed by atoms with E-state index in [1.165, 1.54) is 60.6 Å². The van der Waals surface area contributed by atoms with Gasteiger partial charge in [0.25, 0.3) is 0 Å². The van der Waals surface area contributed by atoms with Crippen molar-refractivity contribution in [2.75, 3.05) is 45.0 Å². The predicted molar refractivity (Wildman–Crippen MR) is 167 cm³/mol. The molecule has 3 heterocycles. The summed E-state index contributed by atoms with van der Waals surface area (Å²) in [6.07, 6.45) is 3.28. The number of halogens is 2. The number of carbonyl (C=O) groups is 1. The molecule has 5 aromatic rings. The Morgan fingerprint density at radius 2 is 1.57 bits per heavy atom. The molecule has 1 aliphatic rings. The molecule has 1 aliphatic heterocycles. The quantitative estimate of drug-likeness (QED) is 0.222. The van der Waals surface area contributed by atoms with Crippen LogP contribution in [-0.4, -0.2) is 55.7 Å². The number of amides is 1. The third kappa shape index (κ3) is 7.45. The van der Waals surface area contributed by atoms with Crippen molar-refractivity contribution >= 4 is 34.4 Å². The molecule has 236 valence electrons. The minimum Gasteiger partial charge on any atom is -0.487 e. The monoisotopic (exact) mass is 647 g/mol. The number of aromatic nitrogens is 2. The van der Waals surface area contributed by atoms with Crippen molar-refractivity contribution in [2.45, 2.75) is 9.79 Å². The number of hydrogen-bond acceptors (Lipinski definition) is 9. The van der Waals surface area contributed by atoms with E-state index in [0.29, 0.717) is 67.1 Å². The van der Waals surface area contributed by atoms with Crippen molar-refractivity contribution in [3.8, 4) is 28.4 Å². The standard InChI is InChI=1S/C33H27F2N3O7S/c34-21-3-1-20(2-4-21)24-18-36-19-29(32(24)39)45-33(40)38-22-5-6-31(25(35)15-22)46-30-7-8-37-26-17-28-27(16-23(26)30)43-13-11-41-9-10-42-12-14-44-28/h1-8,15-19H,9-14H2,(H,36,39)(H,38,40). The molecular formula is C33H27F2N3O7S. The van der Waals surface area contributed by atoms with Crippen LogP contribution in [0.15, 0.2) is 93.8 Å². The topological polar surface area (TPSA) is 121 Å². The number of rotatable bonds is 5. The van der Waals surface area contributed by atoms with E-state index in [0.717, 1.165) is 16.3 Å². The zero-order valence-corrected chi connectivity index (χ0v) is 25.0. The maximum Gasteiger partial charge on any atom is 0.417 e. The van der Waals surface area contributed by atoms with Gasteiger partial charge in [-0.05, 0) is 48.0 Å². The molecule has 0 fully saturated rings. The van der Waals surface area contributed by atoms with Crippen molar-refractivity contribution in [1.29, 1.82) is 0 Å². The summed E-state index contributed by atoms with van der Waals surface area (Å²) in [5.41, 5.74) is 0.809. The van der Waals surface area contributed by atoms with Gasteiger partial charge in [-0.25, -0.2) is 13.6 Å². The van der Waals surface area contributed by atoms with Gasteiger partial charge in [-0.1, -0.05) is 23.9 Å². The van der Waals surface area contributed by atoms with E-state index in [-0.39, 0.29) is 17.0 Å². The van der Waals surface area contributed by atoms with Crippen molar-refractivity contribution in [3.63, 3.8) is 0 Å². The third-order valence-electron chi connectivity index (χ3n) is 6.78. The number of benzene rings is 3. The first-order chi connectivity index (χ1) is 22.4. The van der Waals surface area contributed by atoms with Crippen molar-refractivity contribution in [2.24, 2.45) is 0 Å². The number of carbonyl (C=O) groups excluding carboxylic acids is 1. The summed E-state index contributed by atoms with van der Waals surface area (Å²) in [5, 5.41) is 3.17. The van der Waals surface area contributed by atoms with Crippen molar-refractivity contribution in [3.05, 3.63) is 101 Å². The van der Waals surface area contributed by atoms with Gasteiger partial charge in [-0.15, -0.1) is 0 Å². The Morgan fingerprint density at radius 3 is 2.30 bits per heavy atom. The van der Waals surface area contributed by atoms with Crippen LogP contribution >= 0.6 is 11.8 Å². The number of nitrogens with one attached hydrogen (secondary N) is 2. The van der Waals surface area contributed by atoms with Crippen molar-refractivity contribution in [1.82, 2.24) is 9.97 Å². The number of nitrogens with zero attached hydrogens (tertiary/aromatic N) is 1. The van der Waals surface area contributed by atoms with Gasteiger partial charge >= 0.3 is 6.09 Å². The Hall–Kier alpha value is -4.98. The van der Waals surface area contributed by atoms with Gasteiger partial charge in [0, 0.05) is 51.1 Å². The lowest BCUT2D eigenvalue weighted by atomic mass is 10.1. The lowest BCUT2D eigenvalue weighted by Crippen LogP contribution is -2.21.